The number of aryl methyl sites for hydroxylation is 3. The molecule has 0 bridgehead atoms. The summed E-state index contributed by atoms with van der Waals surface area (Å²) in [6.07, 6.45) is 7.07. The van der Waals surface area contributed by atoms with Crippen molar-refractivity contribution in [3.05, 3.63) is 47.3 Å². The lowest BCUT2D eigenvalue weighted by Gasteiger charge is -2.12. The Labute approximate surface area is 168 Å². The summed E-state index contributed by atoms with van der Waals surface area (Å²) in [5.74, 6) is 4.12. The maximum absolute atomic E-state index is 5.39. The van der Waals surface area contributed by atoms with E-state index in [0.29, 0.717) is 6.61 Å². The lowest BCUT2D eigenvalue weighted by atomic mass is 10.1. The van der Waals surface area contributed by atoms with Gasteiger partial charge in [-0.2, -0.15) is 5.10 Å². The summed E-state index contributed by atoms with van der Waals surface area (Å²) in [7, 11) is 0. The largest absolute Gasteiger partial charge is 0.481 e. The molecule has 6 heteroatoms. The Morgan fingerprint density at radius 2 is 2.04 bits per heavy atom. The van der Waals surface area contributed by atoms with Crippen LogP contribution in [0.5, 0.6) is 5.75 Å². The van der Waals surface area contributed by atoms with Crippen molar-refractivity contribution in [3.8, 4) is 18.1 Å². The van der Waals surface area contributed by atoms with E-state index in [1.165, 1.54) is 11.3 Å². The van der Waals surface area contributed by atoms with Crippen LogP contribution >= 0.6 is 0 Å². The molecule has 1 aromatic carbocycles. The lowest BCUT2D eigenvalue weighted by Crippen LogP contribution is -2.38. The quantitative estimate of drug-likeness (QED) is 0.287. The number of nitrogens with zero attached hydrogens (tertiary/aromatic N) is 3. The molecule has 1 heterocycles. The van der Waals surface area contributed by atoms with Gasteiger partial charge in [-0.1, -0.05) is 18.1 Å². The number of ether oxygens (including phenoxy) is 1. The molecule has 0 saturated heterocycles. The summed E-state index contributed by atoms with van der Waals surface area (Å²) >= 11 is 0. The Bertz CT molecular complexity index is 786. The third kappa shape index (κ3) is 7.36. The van der Waals surface area contributed by atoms with Crippen LogP contribution in [-0.2, 0) is 13.0 Å². The zero-order chi connectivity index (χ0) is 20.2. The summed E-state index contributed by atoms with van der Waals surface area (Å²) in [4.78, 5) is 4.66. The van der Waals surface area contributed by atoms with E-state index in [0.717, 1.165) is 56.4 Å². The maximum Gasteiger partial charge on any atom is 0.191 e. The van der Waals surface area contributed by atoms with Gasteiger partial charge in [0, 0.05) is 31.9 Å². The van der Waals surface area contributed by atoms with Crippen molar-refractivity contribution >= 4 is 5.96 Å². The summed E-state index contributed by atoms with van der Waals surface area (Å²) in [5, 5.41) is 11.2. The van der Waals surface area contributed by atoms with E-state index in [2.05, 4.69) is 58.7 Å². The van der Waals surface area contributed by atoms with Gasteiger partial charge in [-0.25, -0.2) is 0 Å². The molecule has 0 atom stereocenters. The van der Waals surface area contributed by atoms with Crippen molar-refractivity contribution in [2.75, 3.05) is 26.2 Å². The fourth-order valence-corrected chi connectivity index (χ4v) is 2.86. The second-order valence-corrected chi connectivity index (χ2v) is 6.58. The van der Waals surface area contributed by atoms with E-state index in [1.54, 1.807) is 0 Å². The van der Waals surface area contributed by atoms with Crippen molar-refractivity contribution in [3.63, 3.8) is 0 Å². The Morgan fingerprint density at radius 3 is 2.68 bits per heavy atom. The first-order valence-electron chi connectivity index (χ1n) is 9.80. The Hall–Kier alpha value is -2.94. The van der Waals surface area contributed by atoms with Crippen LogP contribution in [0.15, 0.2) is 35.3 Å². The van der Waals surface area contributed by atoms with Crippen LogP contribution in [-0.4, -0.2) is 42.0 Å². The van der Waals surface area contributed by atoms with Gasteiger partial charge >= 0.3 is 0 Å². The molecule has 6 nitrogen and oxygen atoms in total. The average Bonchev–Trinajstić information content (AvgIpc) is 3.01. The van der Waals surface area contributed by atoms with E-state index in [1.807, 2.05) is 23.7 Å². The van der Waals surface area contributed by atoms with Crippen LogP contribution in [0.2, 0.25) is 0 Å². The molecule has 0 spiro atoms. The summed E-state index contributed by atoms with van der Waals surface area (Å²) in [6.45, 7) is 9.77. The number of aromatic nitrogens is 2. The Balaban J connectivity index is 1.74. The predicted octanol–water partition coefficient (Wildman–Crippen LogP) is 2.70. The van der Waals surface area contributed by atoms with Crippen LogP contribution in [0.1, 0.15) is 30.3 Å². The summed E-state index contributed by atoms with van der Waals surface area (Å²) in [5.41, 5.74) is 3.50. The smallest absolute Gasteiger partial charge is 0.191 e. The van der Waals surface area contributed by atoms with Crippen LogP contribution in [0.25, 0.3) is 0 Å². The summed E-state index contributed by atoms with van der Waals surface area (Å²) < 4.78 is 7.44. The van der Waals surface area contributed by atoms with Crippen LogP contribution in [0, 0.1) is 26.2 Å². The number of terminal acetylenes is 1. The lowest BCUT2D eigenvalue weighted by molar-refractivity contribution is 0.370. The minimum atomic E-state index is 0.295. The maximum atomic E-state index is 5.39. The number of hydrogen-bond acceptors (Lipinski definition) is 3. The molecular formula is C22H31N5O. The minimum absolute atomic E-state index is 0.295. The molecule has 0 unspecified atom stereocenters. The highest BCUT2D eigenvalue weighted by molar-refractivity contribution is 5.79. The fraction of sp³-hybridized carbons (Fsp3) is 0.455. The zero-order valence-electron chi connectivity index (χ0n) is 17.2. The van der Waals surface area contributed by atoms with Gasteiger partial charge < -0.3 is 15.4 Å². The van der Waals surface area contributed by atoms with E-state index in [9.17, 15) is 0 Å². The van der Waals surface area contributed by atoms with Crippen molar-refractivity contribution in [1.82, 2.24) is 20.4 Å². The van der Waals surface area contributed by atoms with Gasteiger partial charge in [0.2, 0.25) is 0 Å². The minimum Gasteiger partial charge on any atom is -0.481 e. The highest BCUT2D eigenvalue weighted by Crippen LogP contribution is 2.12. The average molecular weight is 382 g/mol. The Morgan fingerprint density at radius 1 is 1.25 bits per heavy atom. The highest BCUT2D eigenvalue weighted by Gasteiger charge is 2.01. The third-order valence-corrected chi connectivity index (χ3v) is 4.20. The van der Waals surface area contributed by atoms with Gasteiger partial charge in [0.15, 0.2) is 5.96 Å². The van der Waals surface area contributed by atoms with Crippen LogP contribution < -0.4 is 15.4 Å². The molecule has 0 amide bonds. The monoisotopic (exact) mass is 381 g/mol. The van der Waals surface area contributed by atoms with E-state index in [4.69, 9.17) is 11.2 Å². The fourth-order valence-electron chi connectivity index (χ4n) is 2.86. The molecule has 0 fully saturated rings. The van der Waals surface area contributed by atoms with Crippen LogP contribution in [0.3, 0.4) is 0 Å². The molecule has 0 aliphatic rings. The topological polar surface area (TPSA) is 63.5 Å². The predicted molar refractivity (Wildman–Crippen MR) is 115 cm³/mol. The number of nitrogens with one attached hydrogen (secondary N) is 2. The van der Waals surface area contributed by atoms with Gasteiger partial charge in [-0.05, 0) is 57.4 Å². The van der Waals surface area contributed by atoms with Crippen molar-refractivity contribution in [2.45, 2.75) is 40.2 Å². The molecule has 2 aromatic rings. The van der Waals surface area contributed by atoms with E-state index in [-0.39, 0.29) is 0 Å². The molecule has 2 N–H and O–H groups in total. The molecule has 0 saturated carbocycles. The SMILES string of the molecule is C#CCOc1ccc(CCNC(=NCCCn2nc(C)cc2C)NCC)cc1. The number of rotatable bonds is 10. The highest BCUT2D eigenvalue weighted by atomic mass is 16.5. The second kappa shape index (κ2) is 11.7. The van der Waals surface area contributed by atoms with Gasteiger partial charge in [-0.3, -0.25) is 9.67 Å². The second-order valence-electron chi connectivity index (χ2n) is 6.58. The summed E-state index contributed by atoms with van der Waals surface area (Å²) in [6, 6.07) is 10.1. The first-order valence-corrected chi connectivity index (χ1v) is 9.80. The molecule has 0 aliphatic heterocycles. The van der Waals surface area contributed by atoms with Gasteiger partial charge in [0.25, 0.3) is 0 Å². The third-order valence-electron chi connectivity index (χ3n) is 4.20. The van der Waals surface area contributed by atoms with Gasteiger partial charge in [-0.15, -0.1) is 6.42 Å². The number of guanidine groups is 1. The number of hydrogen-bond donors (Lipinski definition) is 2. The van der Waals surface area contributed by atoms with Gasteiger partial charge in [0.05, 0.1) is 5.69 Å². The molecular weight excluding hydrogens is 350 g/mol. The van der Waals surface area contributed by atoms with Crippen molar-refractivity contribution < 1.29 is 4.74 Å². The molecule has 150 valence electrons. The van der Waals surface area contributed by atoms with Crippen molar-refractivity contribution in [2.24, 2.45) is 4.99 Å². The molecule has 0 radical (unpaired) electrons. The number of aliphatic imine (C=N–C) groups is 1. The molecule has 1 aromatic heterocycles. The van der Waals surface area contributed by atoms with Gasteiger partial charge in [0.1, 0.15) is 12.4 Å². The molecule has 28 heavy (non-hydrogen) atoms. The van der Waals surface area contributed by atoms with Crippen LogP contribution in [0.4, 0.5) is 0 Å². The standard InChI is InChI=1S/C22H31N5O/c1-5-16-28-21-10-8-20(9-11-21)12-14-25-22(23-6-2)24-13-7-15-27-19(4)17-18(3)26-27/h1,8-11,17H,6-7,12-16H2,2-4H3,(H2,23,24,25). The van der Waals surface area contributed by atoms with E-state index >= 15 is 0 Å². The van der Waals surface area contributed by atoms with E-state index < -0.39 is 0 Å². The Kier molecular flexibility index (Phi) is 8.93. The zero-order valence-corrected chi connectivity index (χ0v) is 17.2. The number of benzene rings is 1. The normalized spacial score (nSPS) is 11.1. The molecule has 0 aliphatic carbocycles. The first-order chi connectivity index (χ1) is 13.6. The van der Waals surface area contributed by atoms with Crippen molar-refractivity contribution in [1.29, 1.82) is 0 Å². The molecule has 2 rings (SSSR count). The first kappa shape index (κ1) is 21.4.